The predicted molar refractivity (Wildman–Crippen MR) is 161 cm³/mol. The Morgan fingerprint density at radius 1 is 0.875 bits per heavy atom. The molecule has 40 heavy (non-hydrogen) atoms. The smallest absolute Gasteiger partial charge is 0.272 e. The van der Waals surface area contributed by atoms with Crippen LogP contribution in [0.3, 0.4) is 0 Å². The molecule has 0 saturated heterocycles. The van der Waals surface area contributed by atoms with Crippen LogP contribution in [0.15, 0.2) is 108 Å². The number of amides is 3. The van der Waals surface area contributed by atoms with Gasteiger partial charge in [0.15, 0.2) is 0 Å². The first kappa shape index (κ1) is 28.3. The Morgan fingerprint density at radius 2 is 1.65 bits per heavy atom. The van der Waals surface area contributed by atoms with E-state index in [0.29, 0.717) is 16.8 Å². The first-order valence-electron chi connectivity index (χ1n) is 12.8. The standard InChI is InChI=1S/C32H30N4O3S/c1-3-24-13-7-9-22(2)30(24)36-29(37)21-40-27-16-14-26(15-17-27)34-32(39)28(19-23-10-8-18-33-20-23)35-31(38)25-11-5-4-6-12-25/h4-20H,3,21H2,1-2H3,(H,34,39)(H,35,38)(H,36,37)/b28-19-. The van der Waals surface area contributed by atoms with E-state index in [9.17, 15) is 14.4 Å². The van der Waals surface area contributed by atoms with Crippen molar-refractivity contribution in [2.24, 2.45) is 0 Å². The van der Waals surface area contributed by atoms with Crippen molar-refractivity contribution in [2.45, 2.75) is 25.2 Å². The van der Waals surface area contributed by atoms with Gasteiger partial charge < -0.3 is 16.0 Å². The van der Waals surface area contributed by atoms with E-state index in [2.05, 4.69) is 27.9 Å². The van der Waals surface area contributed by atoms with Crippen LogP contribution in [0.5, 0.6) is 0 Å². The zero-order chi connectivity index (χ0) is 28.3. The molecule has 202 valence electrons. The molecule has 0 fully saturated rings. The van der Waals surface area contributed by atoms with Gasteiger partial charge in [-0.25, -0.2) is 0 Å². The lowest BCUT2D eigenvalue weighted by Gasteiger charge is -2.13. The number of hydrogen-bond acceptors (Lipinski definition) is 5. The average Bonchev–Trinajstić information content (AvgIpc) is 2.98. The summed E-state index contributed by atoms with van der Waals surface area (Å²) in [6.45, 7) is 4.05. The van der Waals surface area contributed by atoms with Gasteiger partial charge in [-0.1, -0.05) is 49.4 Å². The summed E-state index contributed by atoms with van der Waals surface area (Å²) in [6.07, 6.45) is 5.65. The van der Waals surface area contributed by atoms with Crippen LogP contribution in [0.25, 0.3) is 6.08 Å². The second-order valence-corrected chi connectivity index (χ2v) is 9.99. The highest BCUT2D eigenvalue weighted by Crippen LogP contribution is 2.24. The van der Waals surface area contributed by atoms with Gasteiger partial charge in [-0.05, 0) is 78.6 Å². The quantitative estimate of drug-likeness (QED) is 0.164. The minimum absolute atomic E-state index is 0.0780. The van der Waals surface area contributed by atoms with Crippen molar-refractivity contribution in [3.05, 3.63) is 125 Å². The maximum Gasteiger partial charge on any atom is 0.272 e. The molecule has 4 rings (SSSR count). The molecule has 0 aliphatic heterocycles. The minimum Gasteiger partial charge on any atom is -0.325 e. The fourth-order valence-electron chi connectivity index (χ4n) is 3.93. The summed E-state index contributed by atoms with van der Waals surface area (Å²) >= 11 is 1.41. The molecule has 0 aliphatic rings. The Morgan fingerprint density at radius 3 is 2.35 bits per heavy atom. The molecule has 0 bridgehead atoms. The number of nitrogens with zero attached hydrogens (tertiary/aromatic N) is 1. The van der Waals surface area contributed by atoms with Gasteiger partial charge in [0.25, 0.3) is 11.8 Å². The third kappa shape index (κ3) is 7.91. The van der Waals surface area contributed by atoms with Crippen molar-refractivity contribution in [3.8, 4) is 0 Å². The van der Waals surface area contributed by atoms with E-state index in [1.807, 2.05) is 43.3 Å². The fourth-order valence-corrected chi connectivity index (χ4v) is 4.63. The summed E-state index contributed by atoms with van der Waals surface area (Å²) in [5, 5.41) is 8.58. The molecule has 8 heteroatoms. The van der Waals surface area contributed by atoms with Crippen LogP contribution >= 0.6 is 11.8 Å². The van der Waals surface area contributed by atoms with Crippen molar-refractivity contribution >= 4 is 46.9 Å². The lowest BCUT2D eigenvalue weighted by Crippen LogP contribution is -2.30. The van der Waals surface area contributed by atoms with Gasteiger partial charge in [-0.3, -0.25) is 19.4 Å². The zero-order valence-corrected chi connectivity index (χ0v) is 23.1. The van der Waals surface area contributed by atoms with Crippen LogP contribution in [0.4, 0.5) is 11.4 Å². The van der Waals surface area contributed by atoms with Gasteiger partial charge in [0.05, 0.1) is 5.75 Å². The molecule has 0 aliphatic carbocycles. The van der Waals surface area contributed by atoms with E-state index in [-0.39, 0.29) is 17.4 Å². The molecule has 3 aromatic carbocycles. The van der Waals surface area contributed by atoms with E-state index in [4.69, 9.17) is 0 Å². The second kappa shape index (κ2) is 13.9. The SMILES string of the molecule is CCc1cccc(C)c1NC(=O)CSc1ccc(NC(=O)/C(=C/c2cccnc2)NC(=O)c2ccccc2)cc1. The topological polar surface area (TPSA) is 100 Å². The zero-order valence-electron chi connectivity index (χ0n) is 22.3. The number of para-hydroxylation sites is 1. The maximum atomic E-state index is 13.2. The number of pyridine rings is 1. The van der Waals surface area contributed by atoms with Crippen LogP contribution < -0.4 is 16.0 Å². The Bertz CT molecular complexity index is 1500. The maximum absolute atomic E-state index is 13.2. The number of hydrogen-bond donors (Lipinski definition) is 3. The number of nitrogens with one attached hydrogen (secondary N) is 3. The van der Waals surface area contributed by atoms with E-state index in [1.165, 1.54) is 11.8 Å². The molecule has 4 aromatic rings. The summed E-state index contributed by atoms with van der Waals surface area (Å²) in [5.41, 5.74) is 4.76. The molecule has 1 heterocycles. The summed E-state index contributed by atoms with van der Waals surface area (Å²) in [7, 11) is 0. The van der Waals surface area contributed by atoms with Crippen LogP contribution in [-0.2, 0) is 16.0 Å². The number of aromatic nitrogens is 1. The number of rotatable bonds is 10. The minimum atomic E-state index is -0.474. The van der Waals surface area contributed by atoms with E-state index in [1.54, 1.807) is 67.0 Å². The van der Waals surface area contributed by atoms with Crippen molar-refractivity contribution < 1.29 is 14.4 Å². The van der Waals surface area contributed by atoms with Crippen molar-refractivity contribution in [1.82, 2.24) is 10.3 Å². The summed E-state index contributed by atoms with van der Waals surface area (Å²) in [6, 6.07) is 25.4. The van der Waals surface area contributed by atoms with Gasteiger partial charge >= 0.3 is 0 Å². The highest BCUT2D eigenvalue weighted by molar-refractivity contribution is 8.00. The molecule has 0 spiro atoms. The first-order chi connectivity index (χ1) is 19.4. The number of carbonyl (C=O) groups is 3. The highest BCUT2D eigenvalue weighted by Gasteiger charge is 2.15. The monoisotopic (exact) mass is 550 g/mol. The molecule has 3 N–H and O–H groups in total. The largest absolute Gasteiger partial charge is 0.325 e. The number of aryl methyl sites for hydroxylation is 2. The molecule has 1 aromatic heterocycles. The van der Waals surface area contributed by atoms with Gasteiger partial charge in [0.1, 0.15) is 5.70 Å². The normalized spacial score (nSPS) is 11.0. The van der Waals surface area contributed by atoms with Crippen LogP contribution in [-0.4, -0.2) is 28.5 Å². The predicted octanol–water partition coefficient (Wildman–Crippen LogP) is 6.09. The number of thioether (sulfide) groups is 1. The van der Waals surface area contributed by atoms with Crippen molar-refractivity contribution in [1.29, 1.82) is 0 Å². The molecule has 7 nitrogen and oxygen atoms in total. The Hall–Kier alpha value is -4.69. The molecular weight excluding hydrogens is 520 g/mol. The molecule has 0 saturated carbocycles. The van der Waals surface area contributed by atoms with Gasteiger partial charge in [0.2, 0.25) is 5.91 Å². The van der Waals surface area contributed by atoms with Crippen LogP contribution in [0.2, 0.25) is 0 Å². The second-order valence-electron chi connectivity index (χ2n) is 8.94. The Labute approximate surface area is 238 Å². The third-order valence-electron chi connectivity index (χ3n) is 6.01. The highest BCUT2D eigenvalue weighted by atomic mass is 32.2. The van der Waals surface area contributed by atoms with Crippen LogP contribution in [0.1, 0.15) is 34.0 Å². The lowest BCUT2D eigenvalue weighted by molar-refractivity contribution is -0.114. The Kier molecular flexibility index (Phi) is 9.85. The summed E-state index contributed by atoms with van der Waals surface area (Å²) in [5.74, 6) is -0.691. The molecule has 0 atom stereocenters. The van der Waals surface area contributed by atoms with Crippen molar-refractivity contribution in [3.63, 3.8) is 0 Å². The number of benzene rings is 3. The van der Waals surface area contributed by atoms with Gasteiger partial charge in [-0.15, -0.1) is 11.8 Å². The van der Waals surface area contributed by atoms with Gasteiger partial charge in [-0.2, -0.15) is 0 Å². The summed E-state index contributed by atoms with van der Waals surface area (Å²) < 4.78 is 0. The van der Waals surface area contributed by atoms with E-state index >= 15 is 0 Å². The summed E-state index contributed by atoms with van der Waals surface area (Å²) in [4.78, 5) is 43.5. The fraction of sp³-hybridized carbons (Fsp3) is 0.125. The third-order valence-corrected chi connectivity index (χ3v) is 7.02. The van der Waals surface area contributed by atoms with E-state index in [0.717, 1.165) is 28.1 Å². The molecule has 0 radical (unpaired) electrons. The molecule has 3 amide bonds. The molecular formula is C32H30N4O3S. The van der Waals surface area contributed by atoms with Gasteiger partial charge in [0, 0.05) is 34.2 Å². The number of carbonyl (C=O) groups excluding carboxylic acids is 3. The molecule has 0 unspecified atom stereocenters. The average molecular weight is 551 g/mol. The Balaban J connectivity index is 1.39. The first-order valence-corrected chi connectivity index (χ1v) is 13.8. The van der Waals surface area contributed by atoms with Crippen molar-refractivity contribution in [2.75, 3.05) is 16.4 Å². The number of anilines is 2. The van der Waals surface area contributed by atoms with E-state index < -0.39 is 11.8 Å². The lowest BCUT2D eigenvalue weighted by atomic mass is 10.1. The van der Waals surface area contributed by atoms with Crippen LogP contribution in [0, 0.1) is 6.92 Å².